The summed E-state index contributed by atoms with van der Waals surface area (Å²) in [6, 6.07) is -1.24. The third-order valence-corrected chi connectivity index (χ3v) is 3.58. The molecule has 0 radical (unpaired) electrons. The fourth-order valence-electron chi connectivity index (χ4n) is 2.15. The molecule has 4 unspecified atom stereocenters. The van der Waals surface area contributed by atoms with Crippen molar-refractivity contribution < 1.29 is 20.1 Å². The molecule has 0 aliphatic carbocycles. The van der Waals surface area contributed by atoms with Crippen molar-refractivity contribution in [2.45, 2.75) is 77.2 Å². The Hall–Kier alpha value is -0.690. The molecule has 0 aromatic rings. The molecule has 0 fully saturated rings. The molecular formula is C15H32N2O4. The molecule has 0 rings (SSSR count). The predicted molar refractivity (Wildman–Crippen MR) is 83.3 cm³/mol. The van der Waals surface area contributed by atoms with Crippen molar-refractivity contribution in [1.29, 1.82) is 0 Å². The van der Waals surface area contributed by atoms with Crippen LogP contribution in [-0.2, 0) is 4.79 Å². The minimum atomic E-state index is -1.09. The highest BCUT2D eigenvalue weighted by atomic mass is 16.4. The molecule has 0 aliphatic heterocycles. The molecule has 0 aliphatic rings. The number of carboxylic acids is 1. The van der Waals surface area contributed by atoms with Crippen molar-refractivity contribution in [3.8, 4) is 0 Å². The van der Waals surface area contributed by atoms with Gasteiger partial charge in [0.1, 0.15) is 6.04 Å². The number of hydrogen-bond acceptors (Lipinski definition) is 5. The van der Waals surface area contributed by atoms with Crippen molar-refractivity contribution in [1.82, 2.24) is 10.6 Å². The largest absolute Gasteiger partial charge is 0.480 e. The molecule has 0 aromatic heterocycles. The number of nitrogens with one attached hydrogen (secondary N) is 2. The van der Waals surface area contributed by atoms with Crippen molar-refractivity contribution in [2.24, 2.45) is 0 Å². The van der Waals surface area contributed by atoms with Crippen molar-refractivity contribution >= 4 is 5.97 Å². The second-order valence-corrected chi connectivity index (χ2v) is 5.68. The van der Waals surface area contributed by atoms with Gasteiger partial charge in [0.05, 0.1) is 12.2 Å². The highest BCUT2D eigenvalue weighted by molar-refractivity contribution is 5.74. The molecule has 0 heterocycles. The quantitative estimate of drug-likeness (QED) is 0.321. The zero-order valence-electron chi connectivity index (χ0n) is 13.5. The number of unbranched alkanes of at least 4 members (excludes halogenated alkanes) is 4. The SMILES string of the molecule is CCCCCCCNC(CNC(C(=O)O)C(C)O)C(C)O. The first-order valence-corrected chi connectivity index (χ1v) is 7.95. The first kappa shape index (κ1) is 20.3. The van der Waals surface area contributed by atoms with E-state index in [1.165, 1.54) is 26.2 Å². The van der Waals surface area contributed by atoms with Gasteiger partial charge in [0, 0.05) is 12.6 Å². The molecule has 0 spiro atoms. The number of aliphatic hydroxyl groups is 2. The van der Waals surface area contributed by atoms with E-state index in [-0.39, 0.29) is 6.04 Å². The van der Waals surface area contributed by atoms with Crippen LogP contribution in [0.2, 0.25) is 0 Å². The van der Waals surface area contributed by atoms with Crippen LogP contribution in [0.15, 0.2) is 0 Å². The Balaban J connectivity index is 4.04. The van der Waals surface area contributed by atoms with Gasteiger partial charge in [0.25, 0.3) is 0 Å². The maximum absolute atomic E-state index is 11.0. The summed E-state index contributed by atoms with van der Waals surface area (Å²) in [5, 5.41) is 34.2. The highest BCUT2D eigenvalue weighted by Gasteiger charge is 2.24. The molecular weight excluding hydrogens is 272 g/mol. The molecule has 21 heavy (non-hydrogen) atoms. The lowest BCUT2D eigenvalue weighted by Gasteiger charge is -2.25. The van der Waals surface area contributed by atoms with Gasteiger partial charge in [-0.15, -0.1) is 0 Å². The van der Waals surface area contributed by atoms with E-state index in [2.05, 4.69) is 17.6 Å². The summed E-state index contributed by atoms with van der Waals surface area (Å²) < 4.78 is 0. The topological polar surface area (TPSA) is 102 Å². The van der Waals surface area contributed by atoms with Gasteiger partial charge >= 0.3 is 5.97 Å². The third-order valence-electron chi connectivity index (χ3n) is 3.58. The Labute approximate surface area is 127 Å². The molecule has 6 heteroatoms. The van der Waals surface area contributed by atoms with Gasteiger partial charge in [-0.3, -0.25) is 4.79 Å². The van der Waals surface area contributed by atoms with E-state index in [1.54, 1.807) is 6.92 Å². The Kier molecular flexibility index (Phi) is 11.5. The first-order valence-electron chi connectivity index (χ1n) is 7.95. The van der Waals surface area contributed by atoms with Crippen LogP contribution in [0.3, 0.4) is 0 Å². The lowest BCUT2D eigenvalue weighted by molar-refractivity contribution is -0.142. The van der Waals surface area contributed by atoms with Crippen molar-refractivity contribution in [3.05, 3.63) is 0 Å². The van der Waals surface area contributed by atoms with Gasteiger partial charge in [0.15, 0.2) is 0 Å². The summed E-state index contributed by atoms with van der Waals surface area (Å²) in [6.45, 7) is 6.38. The van der Waals surface area contributed by atoms with E-state index in [0.29, 0.717) is 6.54 Å². The van der Waals surface area contributed by atoms with Gasteiger partial charge in [-0.1, -0.05) is 32.6 Å². The number of aliphatic carboxylic acids is 1. The molecule has 6 nitrogen and oxygen atoms in total. The highest BCUT2D eigenvalue weighted by Crippen LogP contribution is 2.02. The lowest BCUT2D eigenvalue weighted by atomic mass is 10.1. The van der Waals surface area contributed by atoms with Gasteiger partial charge in [-0.2, -0.15) is 0 Å². The van der Waals surface area contributed by atoms with E-state index in [1.807, 2.05) is 0 Å². The Morgan fingerprint density at radius 1 is 1.00 bits per heavy atom. The van der Waals surface area contributed by atoms with E-state index in [4.69, 9.17) is 5.11 Å². The average Bonchev–Trinajstić information content (AvgIpc) is 2.39. The third kappa shape index (κ3) is 9.79. The minimum Gasteiger partial charge on any atom is -0.480 e. The first-order chi connectivity index (χ1) is 9.90. The summed E-state index contributed by atoms with van der Waals surface area (Å²) in [5.41, 5.74) is 0. The predicted octanol–water partition coefficient (Wildman–Crippen LogP) is 0.719. The molecule has 0 aromatic carbocycles. The molecule has 5 N–H and O–H groups in total. The van der Waals surface area contributed by atoms with Crippen LogP contribution in [0.5, 0.6) is 0 Å². The number of hydrogen-bond donors (Lipinski definition) is 5. The van der Waals surface area contributed by atoms with Crippen LogP contribution in [0, 0.1) is 0 Å². The monoisotopic (exact) mass is 304 g/mol. The fraction of sp³-hybridized carbons (Fsp3) is 0.933. The van der Waals surface area contributed by atoms with Gasteiger partial charge < -0.3 is 26.0 Å². The second-order valence-electron chi connectivity index (χ2n) is 5.68. The lowest BCUT2D eigenvalue weighted by Crippen LogP contribution is -2.53. The second kappa shape index (κ2) is 11.9. The summed E-state index contributed by atoms with van der Waals surface area (Å²) in [5.74, 6) is -1.09. The van der Waals surface area contributed by atoms with Gasteiger partial charge in [-0.05, 0) is 26.8 Å². The number of rotatable bonds is 13. The number of carbonyl (C=O) groups is 1. The molecule has 4 atom stereocenters. The molecule has 0 saturated carbocycles. The van der Waals surface area contributed by atoms with Crippen LogP contribution >= 0.6 is 0 Å². The van der Waals surface area contributed by atoms with Crippen LogP contribution < -0.4 is 10.6 Å². The zero-order chi connectivity index (χ0) is 16.3. The average molecular weight is 304 g/mol. The maximum atomic E-state index is 11.0. The van der Waals surface area contributed by atoms with Gasteiger partial charge in [0.2, 0.25) is 0 Å². The van der Waals surface area contributed by atoms with Crippen LogP contribution in [0.4, 0.5) is 0 Å². The number of carboxylic acid groups (broad SMARTS) is 1. The van der Waals surface area contributed by atoms with Crippen LogP contribution in [0.1, 0.15) is 52.9 Å². The van der Waals surface area contributed by atoms with Crippen LogP contribution in [-0.4, -0.2) is 58.7 Å². The molecule has 0 amide bonds. The Morgan fingerprint density at radius 2 is 1.62 bits per heavy atom. The van der Waals surface area contributed by atoms with E-state index in [9.17, 15) is 15.0 Å². The Bertz CT molecular complexity index is 272. The maximum Gasteiger partial charge on any atom is 0.323 e. The van der Waals surface area contributed by atoms with Crippen molar-refractivity contribution in [3.63, 3.8) is 0 Å². The van der Waals surface area contributed by atoms with Crippen molar-refractivity contribution in [2.75, 3.05) is 13.1 Å². The number of aliphatic hydroxyl groups excluding tert-OH is 2. The zero-order valence-corrected chi connectivity index (χ0v) is 13.5. The van der Waals surface area contributed by atoms with Crippen LogP contribution in [0.25, 0.3) is 0 Å². The summed E-state index contributed by atoms with van der Waals surface area (Å²) >= 11 is 0. The molecule has 0 saturated heterocycles. The molecule has 126 valence electrons. The van der Waals surface area contributed by atoms with E-state index >= 15 is 0 Å². The fourth-order valence-corrected chi connectivity index (χ4v) is 2.15. The summed E-state index contributed by atoms with van der Waals surface area (Å²) in [7, 11) is 0. The summed E-state index contributed by atoms with van der Waals surface area (Å²) in [6.07, 6.45) is 4.31. The van der Waals surface area contributed by atoms with Gasteiger partial charge in [-0.25, -0.2) is 0 Å². The smallest absolute Gasteiger partial charge is 0.323 e. The minimum absolute atomic E-state index is 0.225. The molecule has 0 bridgehead atoms. The summed E-state index contributed by atoms with van der Waals surface area (Å²) in [4.78, 5) is 11.0. The standard InChI is InChI=1S/C15H32N2O4/c1-4-5-6-7-8-9-16-13(11(2)18)10-17-14(12(3)19)15(20)21/h11-14,16-19H,4-10H2,1-3H3,(H,20,21). The van der Waals surface area contributed by atoms with E-state index in [0.717, 1.165) is 19.4 Å². The normalized spacial score (nSPS) is 17.2. The van der Waals surface area contributed by atoms with E-state index < -0.39 is 24.2 Å². The Morgan fingerprint density at radius 3 is 2.10 bits per heavy atom.